The molecule has 11 heteroatoms. The van der Waals surface area contributed by atoms with Gasteiger partial charge in [0.25, 0.3) is 0 Å². The molecule has 2 saturated carbocycles. The minimum absolute atomic E-state index is 0.0691. The maximum Gasteiger partial charge on any atom is 0.229 e. The van der Waals surface area contributed by atoms with E-state index in [9.17, 15) is 23.8 Å². The highest BCUT2D eigenvalue weighted by atomic mass is 19.1. The Kier molecular flexibility index (Phi) is 4.81. The Morgan fingerprint density at radius 1 is 1.18 bits per heavy atom. The van der Waals surface area contributed by atoms with Crippen molar-refractivity contribution in [3.05, 3.63) is 47.5 Å². The van der Waals surface area contributed by atoms with E-state index in [1.54, 1.807) is 11.6 Å². The molecule has 4 N–H and O–H groups in total. The van der Waals surface area contributed by atoms with Gasteiger partial charge in [0.1, 0.15) is 17.7 Å². The molecule has 33 heavy (non-hydrogen) atoms. The maximum atomic E-state index is 13.5. The summed E-state index contributed by atoms with van der Waals surface area (Å²) in [5.41, 5.74) is -0.156. The van der Waals surface area contributed by atoms with Crippen molar-refractivity contribution in [1.29, 1.82) is 0 Å². The normalized spacial score (nSPS) is 27.6. The lowest BCUT2D eigenvalue weighted by Crippen LogP contribution is -2.41. The van der Waals surface area contributed by atoms with Crippen molar-refractivity contribution in [2.24, 2.45) is 11.3 Å². The van der Waals surface area contributed by atoms with Crippen LogP contribution in [0.5, 0.6) is 0 Å². The topological polar surface area (TPSA) is 125 Å². The Morgan fingerprint density at radius 2 is 1.91 bits per heavy atom. The van der Waals surface area contributed by atoms with Crippen LogP contribution in [0.1, 0.15) is 23.9 Å². The second kappa shape index (κ2) is 7.47. The first-order chi connectivity index (χ1) is 15.8. The first-order valence-electron chi connectivity index (χ1n) is 10.3. The number of hydrogen-bond donors (Lipinski definition) is 4. The second-order valence-corrected chi connectivity index (χ2v) is 8.23. The van der Waals surface area contributed by atoms with Gasteiger partial charge < -0.3 is 25.4 Å². The predicted molar refractivity (Wildman–Crippen MR) is 113 cm³/mol. The van der Waals surface area contributed by atoms with Gasteiger partial charge in [-0.2, -0.15) is 0 Å². The molecule has 3 aromatic rings. The van der Waals surface area contributed by atoms with E-state index in [1.807, 2.05) is 0 Å². The van der Waals surface area contributed by atoms with Crippen LogP contribution in [0.3, 0.4) is 0 Å². The Bertz CT molecular complexity index is 1330. The lowest BCUT2D eigenvalue weighted by Gasteiger charge is -2.23. The summed E-state index contributed by atoms with van der Waals surface area (Å²) in [4.78, 5) is 25.5. The molecule has 0 spiro atoms. The highest BCUT2D eigenvalue weighted by Crippen LogP contribution is 2.67. The molecule has 0 unspecified atom stereocenters. The number of amides is 1. The SMILES string of the molecule is CNC(=O)[C@@]12C[C@@H]1[C@@H](n1cnc3c(NC)nc(C#Cc4cc(F)cc(F)c4)nc31)[C@H](O)[C@@H]2O. The lowest BCUT2D eigenvalue weighted by molar-refractivity contribution is -0.132. The molecule has 0 bridgehead atoms. The van der Waals surface area contributed by atoms with Crippen LogP contribution >= 0.6 is 0 Å². The van der Waals surface area contributed by atoms with Gasteiger partial charge in [0, 0.05) is 31.6 Å². The molecular formula is C22H20F2N6O3. The fourth-order valence-electron chi connectivity index (χ4n) is 4.91. The fraction of sp³-hybridized carbons (Fsp3) is 0.364. The molecule has 170 valence electrons. The van der Waals surface area contributed by atoms with Crippen LogP contribution in [0.25, 0.3) is 11.2 Å². The van der Waals surface area contributed by atoms with Gasteiger partial charge in [-0.05, 0) is 24.5 Å². The van der Waals surface area contributed by atoms with Gasteiger partial charge in [0.05, 0.1) is 23.9 Å². The van der Waals surface area contributed by atoms with Crippen molar-refractivity contribution in [2.75, 3.05) is 19.4 Å². The highest BCUT2D eigenvalue weighted by Gasteiger charge is 2.75. The molecule has 9 nitrogen and oxygen atoms in total. The van der Waals surface area contributed by atoms with E-state index in [0.717, 1.165) is 18.2 Å². The van der Waals surface area contributed by atoms with E-state index < -0.39 is 35.3 Å². The molecule has 1 aromatic carbocycles. The zero-order chi connectivity index (χ0) is 23.5. The summed E-state index contributed by atoms with van der Waals surface area (Å²) in [6.07, 6.45) is -0.510. The quantitative estimate of drug-likeness (QED) is 0.427. The number of halogens is 2. The Morgan fingerprint density at radius 3 is 2.58 bits per heavy atom. The minimum Gasteiger partial charge on any atom is -0.389 e. The number of fused-ring (bicyclic) bond motifs is 2. The summed E-state index contributed by atoms with van der Waals surface area (Å²) in [5, 5.41) is 26.9. The summed E-state index contributed by atoms with van der Waals surface area (Å²) in [7, 11) is 3.14. The molecule has 2 heterocycles. The zero-order valence-electron chi connectivity index (χ0n) is 17.7. The smallest absolute Gasteiger partial charge is 0.229 e. The number of anilines is 1. The third-order valence-electron chi connectivity index (χ3n) is 6.48. The van der Waals surface area contributed by atoms with Crippen molar-refractivity contribution in [3.8, 4) is 11.8 Å². The Labute approximate surface area is 186 Å². The van der Waals surface area contributed by atoms with Gasteiger partial charge in [0.15, 0.2) is 17.0 Å². The van der Waals surface area contributed by atoms with Crippen molar-refractivity contribution in [1.82, 2.24) is 24.8 Å². The zero-order valence-corrected chi connectivity index (χ0v) is 17.7. The van der Waals surface area contributed by atoms with Crippen LogP contribution in [-0.2, 0) is 4.79 Å². The van der Waals surface area contributed by atoms with E-state index in [0.29, 0.717) is 23.4 Å². The number of hydrogen-bond acceptors (Lipinski definition) is 7. The van der Waals surface area contributed by atoms with Crippen LogP contribution in [0.4, 0.5) is 14.6 Å². The van der Waals surface area contributed by atoms with Crippen molar-refractivity contribution in [3.63, 3.8) is 0 Å². The third kappa shape index (κ3) is 3.13. The molecule has 2 aromatic heterocycles. The number of rotatable bonds is 3. The van der Waals surface area contributed by atoms with Gasteiger partial charge in [-0.15, -0.1) is 0 Å². The first-order valence-corrected chi connectivity index (χ1v) is 10.3. The van der Waals surface area contributed by atoms with Gasteiger partial charge in [-0.25, -0.2) is 23.7 Å². The van der Waals surface area contributed by atoms with Crippen LogP contribution < -0.4 is 10.6 Å². The third-order valence-corrected chi connectivity index (χ3v) is 6.48. The molecule has 1 amide bonds. The largest absolute Gasteiger partial charge is 0.389 e. The Hall–Kier alpha value is -3.62. The molecule has 0 saturated heterocycles. The van der Waals surface area contributed by atoms with Crippen molar-refractivity contribution in [2.45, 2.75) is 24.7 Å². The molecule has 2 aliphatic carbocycles. The summed E-state index contributed by atoms with van der Waals surface area (Å²) < 4.78 is 28.5. The maximum absolute atomic E-state index is 13.5. The number of carbonyl (C=O) groups is 1. The first kappa shape index (κ1) is 21.2. The van der Waals surface area contributed by atoms with Crippen LogP contribution in [0.2, 0.25) is 0 Å². The molecule has 5 rings (SSSR count). The van der Waals surface area contributed by atoms with E-state index in [2.05, 4.69) is 37.4 Å². The predicted octanol–water partition coefficient (Wildman–Crippen LogP) is 0.575. The highest BCUT2D eigenvalue weighted by molar-refractivity contribution is 5.88. The lowest BCUT2D eigenvalue weighted by atomic mass is 9.98. The standard InChI is InChI=1S/C22H20F2N6O3/c1-25-19-15-20(29-14(28-19)4-3-10-5-11(23)7-12(24)6-10)30(9-27-15)16-13-8-22(13,21(33)26-2)18(32)17(16)31/h5-7,9,13,16-18,31-32H,8H2,1-2H3,(H,26,33)(H,25,28,29)/t13-,16-,17+,18+,22+/m1/s1. The number of aliphatic hydroxyl groups is 2. The van der Waals surface area contributed by atoms with Crippen molar-refractivity contribution >= 4 is 22.9 Å². The van der Waals surface area contributed by atoms with E-state index in [-0.39, 0.29) is 23.2 Å². The van der Waals surface area contributed by atoms with E-state index >= 15 is 0 Å². The number of aromatic nitrogens is 4. The number of imidazole rings is 1. The van der Waals surface area contributed by atoms with E-state index in [1.165, 1.54) is 13.4 Å². The number of carbonyl (C=O) groups excluding carboxylic acids is 1. The summed E-state index contributed by atoms with van der Waals surface area (Å²) in [6, 6.07) is 2.32. The van der Waals surface area contributed by atoms with Gasteiger partial charge >= 0.3 is 0 Å². The van der Waals surface area contributed by atoms with Gasteiger partial charge in [0.2, 0.25) is 11.7 Å². The Balaban J connectivity index is 1.58. The average Bonchev–Trinajstić information content (AvgIpc) is 3.33. The number of aliphatic hydroxyl groups excluding tert-OH is 2. The number of nitrogens with one attached hydrogen (secondary N) is 2. The molecule has 2 aliphatic rings. The number of nitrogens with zero attached hydrogens (tertiary/aromatic N) is 4. The summed E-state index contributed by atoms with van der Waals surface area (Å²) in [6.45, 7) is 0. The van der Waals surface area contributed by atoms with Gasteiger partial charge in [-0.3, -0.25) is 4.79 Å². The average molecular weight is 454 g/mol. The van der Waals surface area contributed by atoms with E-state index in [4.69, 9.17) is 0 Å². The van der Waals surface area contributed by atoms with Crippen LogP contribution in [-0.4, -0.2) is 61.9 Å². The number of benzene rings is 1. The molecule has 5 atom stereocenters. The molecule has 0 aliphatic heterocycles. The van der Waals surface area contributed by atoms with Crippen molar-refractivity contribution < 1.29 is 23.8 Å². The molecular weight excluding hydrogens is 434 g/mol. The fourth-order valence-corrected chi connectivity index (χ4v) is 4.91. The molecule has 2 fully saturated rings. The van der Waals surface area contributed by atoms with Gasteiger partial charge in [-0.1, -0.05) is 5.92 Å². The minimum atomic E-state index is -1.22. The van der Waals surface area contributed by atoms with Crippen LogP contribution in [0.15, 0.2) is 24.5 Å². The molecule has 0 radical (unpaired) electrons. The monoisotopic (exact) mass is 454 g/mol. The van der Waals surface area contributed by atoms with Crippen LogP contribution in [0, 0.1) is 34.8 Å². The summed E-state index contributed by atoms with van der Waals surface area (Å²) in [5.74, 6) is 3.69. The second-order valence-electron chi connectivity index (χ2n) is 8.23. The summed E-state index contributed by atoms with van der Waals surface area (Å²) >= 11 is 0.